The lowest BCUT2D eigenvalue weighted by Crippen LogP contribution is -2.30. The molecule has 2 fully saturated rings. The lowest BCUT2D eigenvalue weighted by Gasteiger charge is -2.19. The fraction of sp³-hybridized carbons (Fsp3) is 0.450. The first kappa shape index (κ1) is 17.5. The van der Waals surface area contributed by atoms with Gasteiger partial charge >= 0.3 is 0 Å². The minimum Gasteiger partial charge on any atom is -0.274 e. The van der Waals surface area contributed by atoms with Gasteiger partial charge in [0.05, 0.1) is 39.9 Å². The summed E-state index contributed by atoms with van der Waals surface area (Å²) in [5.74, 6) is -0.282. The van der Waals surface area contributed by atoms with Crippen molar-refractivity contribution >= 4 is 33.4 Å². The van der Waals surface area contributed by atoms with Crippen LogP contribution in [0.4, 0.5) is 5.69 Å². The summed E-state index contributed by atoms with van der Waals surface area (Å²) in [6, 6.07) is 7.71. The van der Waals surface area contributed by atoms with Crippen molar-refractivity contribution in [3.8, 4) is 0 Å². The van der Waals surface area contributed by atoms with Crippen LogP contribution in [0.25, 0.3) is 0 Å². The van der Waals surface area contributed by atoms with Crippen molar-refractivity contribution in [3.63, 3.8) is 0 Å². The van der Waals surface area contributed by atoms with Gasteiger partial charge in [0.1, 0.15) is 0 Å². The number of halogens is 1. The highest BCUT2D eigenvalue weighted by atomic mass is 79.9. The minimum atomic E-state index is -0.119. The van der Waals surface area contributed by atoms with E-state index in [0.717, 1.165) is 47.1 Å². The van der Waals surface area contributed by atoms with Crippen LogP contribution in [0.3, 0.4) is 0 Å². The van der Waals surface area contributed by atoms with Gasteiger partial charge in [0.2, 0.25) is 11.8 Å². The molecule has 1 aliphatic heterocycles. The number of imide groups is 1. The average Bonchev–Trinajstić information content (AvgIpc) is 3.04. The number of rotatable bonds is 3. The van der Waals surface area contributed by atoms with Crippen molar-refractivity contribution in [2.45, 2.75) is 46.1 Å². The molecule has 26 heavy (non-hydrogen) atoms. The quantitative estimate of drug-likeness (QED) is 0.711. The van der Waals surface area contributed by atoms with Gasteiger partial charge in [0.15, 0.2) is 0 Å². The fourth-order valence-corrected chi connectivity index (χ4v) is 4.50. The molecule has 2 atom stereocenters. The van der Waals surface area contributed by atoms with E-state index in [2.05, 4.69) is 21.0 Å². The Morgan fingerprint density at radius 1 is 1.12 bits per heavy atom. The van der Waals surface area contributed by atoms with Gasteiger partial charge in [-0.1, -0.05) is 25.0 Å². The number of amides is 2. The molecule has 2 aliphatic rings. The van der Waals surface area contributed by atoms with E-state index in [1.54, 1.807) is 0 Å². The normalized spacial score (nSPS) is 22.8. The van der Waals surface area contributed by atoms with Crippen LogP contribution in [0.1, 0.15) is 42.6 Å². The van der Waals surface area contributed by atoms with E-state index in [0.29, 0.717) is 12.2 Å². The lowest BCUT2D eigenvalue weighted by molar-refractivity contribution is -0.122. The maximum Gasteiger partial charge on any atom is 0.237 e. The maximum atomic E-state index is 12.8. The van der Waals surface area contributed by atoms with Gasteiger partial charge in [-0.3, -0.25) is 19.2 Å². The van der Waals surface area contributed by atoms with Gasteiger partial charge in [-0.05, 0) is 60.3 Å². The second-order valence-corrected chi connectivity index (χ2v) is 8.11. The molecule has 1 saturated carbocycles. The number of carbonyl (C=O) groups excluding carboxylic acids is 2. The Hall–Kier alpha value is -1.95. The Bertz CT molecular complexity index is 865. The molecule has 0 bridgehead atoms. The summed E-state index contributed by atoms with van der Waals surface area (Å²) in [6.45, 7) is 4.59. The van der Waals surface area contributed by atoms with Gasteiger partial charge < -0.3 is 0 Å². The molecule has 1 aromatic heterocycles. The van der Waals surface area contributed by atoms with Crippen LogP contribution in [-0.4, -0.2) is 21.6 Å². The summed E-state index contributed by atoms with van der Waals surface area (Å²) in [5.41, 5.74) is 3.73. The third-order valence-corrected chi connectivity index (χ3v) is 6.78. The zero-order chi connectivity index (χ0) is 18.4. The van der Waals surface area contributed by atoms with Crippen LogP contribution in [0.15, 0.2) is 28.7 Å². The monoisotopic (exact) mass is 415 g/mol. The highest BCUT2D eigenvalue weighted by Crippen LogP contribution is 2.40. The number of nitrogens with zero attached hydrogens (tertiary/aromatic N) is 3. The molecule has 1 aliphatic carbocycles. The lowest BCUT2D eigenvalue weighted by atomic mass is 9.81. The second kappa shape index (κ2) is 6.65. The van der Waals surface area contributed by atoms with Gasteiger partial charge in [-0.2, -0.15) is 5.10 Å². The average molecular weight is 416 g/mol. The standard InChI is InChI=1S/C20H22BrN3O2/c1-12-18(21)13(2)23(22-12)11-14-6-5-7-15(10-14)24-19(25)16-8-3-4-9-17(16)20(24)26/h5-7,10,16-17H,3-4,8-9,11H2,1-2H3/t16-,17+. The summed E-state index contributed by atoms with van der Waals surface area (Å²) in [7, 11) is 0. The molecule has 136 valence electrons. The Morgan fingerprint density at radius 3 is 2.35 bits per heavy atom. The van der Waals surface area contributed by atoms with Gasteiger partial charge in [-0.15, -0.1) is 0 Å². The molecule has 2 aromatic rings. The van der Waals surface area contributed by atoms with Crippen molar-refractivity contribution in [1.29, 1.82) is 0 Å². The van der Waals surface area contributed by atoms with Crippen LogP contribution < -0.4 is 4.90 Å². The molecule has 0 N–H and O–H groups in total. The third kappa shape index (κ3) is 2.80. The molecule has 6 heteroatoms. The Balaban J connectivity index is 1.62. The molecule has 0 radical (unpaired) electrons. The van der Waals surface area contributed by atoms with E-state index in [-0.39, 0.29) is 23.7 Å². The predicted octanol–water partition coefficient (Wildman–Crippen LogP) is 3.99. The number of fused-ring (bicyclic) bond motifs is 1. The molecular weight excluding hydrogens is 394 g/mol. The summed E-state index contributed by atoms with van der Waals surface area (Å²) >= 11 is 3.55. The van der Waals surface area contributed by atoms with E-state index >= 15 is 0 Å². The number of hydrogen-bond donors (Lipinski definition) is 0. The molecule has 0 unspecified atom stereocenters. The van der Waals surface area contributed by atoms with Crippen LogP contribution in [0.5, 0.6) is 0 Å². The Morgan fingerprint density at radius 2 is 1.77 bits per heavy atom. The molecule has 2 heterocycles. The number of benzene rings is 1. The Kier molecular flexibility index (Phi) is 4.47. The number of anilines is 1. The van der Waals surface area contributed by atoms with Gasteiger partial charge in [0, 0.05) is 0 Å². The van der Waals surface area contributed by atoms with Gasteiger partial charge in [-0.25, -0.2) is 0 Å². The smallest absolute Gasteiger partial charge is 0.237 e. The highest BCUT2D eigenvalue weighted by molar-refractivity contribution is 9.10. The Labute approximate surface area is 161 Å². The topological polar surface area (TPSA) is 55.2 Å². The predicted molar refractivity (Wildman–Crippen MR) is 103 cm³/mol. The SMILES string of the molecule is Cc1nn(Cc2cccc(N3C(=O)[C@H]4CCCC[C@H]4C3=O)c2)c(C)c1Br. The molecular formula is C20H22BrN3O2. The number of aryl methyl sites for hydroxylation is 1. The van der Waals surface area contributed by atoms with Crippen LogP contribution in [-0.2, 0) is 16.1 Å². The van der Waals surface area contributed by atoms with Crippen LogP contribution >= 0.6 is 15.9 Å². The van der Waals surface area contributed by atoms with E-state index < -0.39 is 0 Å². The molecule has 2 amide bonds. The zero-order valence-corrected chi connectivity index (χ0v) is 16.6. The first-order valence-electron chi connectivity index (χ1n) is 9.13. The number of aromatic nitrogens is 2. The van der Waals surface area contributed by atoms with E-state index in [1.165, 1.54) is 4.90 Å². The van der Waals surface area contributed by atoms with Crippen molar-refractivity contribution in [3.05, 3.63) is 45.7 Å². The second-order valence-electron chi connectivity index (χ2n) is 7.32. The van der Waals surface area contributed by atoms with E-state index in [4.69, 9.17) is 0 Å². The summed E-state index contributed by atoms with van der Waals surface area (Å²) in [4.78, 5) is 27.0. The molecule has 1 aromatic carbocycles. The largest absolute Gasteiger partial charge is 0.274 e. The summed E-state index contributed by atoms with van der Waals surface area (Å²) in [5, 5.41) is 4.54. The first-order valence-corrected chi connectivity index (χ1v) is 9.93. The minimum absolute atomic E-state index is 0.0225. The van der Waals surface area contributed by atoms with Crippen molar-refractivity contribution in [2.24, 2.45) is 11.8 Å². The third-order valence-electron chi connectivity index (χ3n) is 5.64. The molecule has 0 spiro atoms. The number of carbonyl (C=O) groups is 2. The maximum absolute atomic E-state index is 12.8. The molecule has 5 nitrogen and oxygen atoms in total. The zero-order valence-electron chi connectivity index (χ0n) is 15.0. The first-order chi connectivity index (χ1) is 12.5. The van der Waals surface area contributed by atoms with Crippen LogP contribution in [0.2, 0.25) is 0 Å². The van der Waals surface area contributed by atoms with Crippen LogP contribution in [0, 0.1) is 25.7 Å². The summed E-state index contributed by atoms with van der Waals surface area (Å²) in [6.07, 6.45) is 3.76. The highest BCUT2D eigenvalue weighted by Gasteiger charge is 2.48. The molecule has 4 rings (SSSR count). The van der Waals surface area contributed by atoms with E-state index in [9.17, 15) is 9.59 Å². The summed E-state index contributed by atoms with van der Waals surface area (Å²) < 4.78 is 2.95. The fourth-order valence-electron chi connectivity index (χ4n) is 4.21. The van der Waals surface area contributed by atoms with Crippen molar-refractivity contribution in [2.75, 3.05) is 4.90 Å². The molecule has 1 saturated heterocycles. The van der Waals surface area contributed by atoms with E-state index in [1.807, 2.05) is 42.8 Å². The van der Waals surface area contributed by atoms with Gasteiger partial charge in [0.25, 0.3) is 0 Å². The van der Waals surface area contributed by atoms with Crippen molar-refractivity contribution in [1.82, 2.24) is 9.78 Å². The van der Waals surface area contributed by atoms with Crippen molar-refractivity contribution < 1.29 is 9.59 Å². The number of hydrogen-bond acceptors (Lipinski definition) is 3.